The van der Waals surface area contributed by atoms with Crippen molar-refractivity contribution in [2.75, 3.05) is 0 Å². The van der Waals surface area contributed by atoms with E-state index in [1.165, 1.54) is 12.2 Å². The summed E-state index contributed by atoms with van der Waals surface area (Å²) < 4.78 is 0. The van der Waals surface area contributed by atoms with Crippen LogP contribution in [0.4, 0.5) is 0 Å². The van der Waals surface area contributed by atoms with Gasteiger partial charge in [0.25, 0.3) is 5.56 Å². The number of H-pyrrole nitrogens is 1. The summed E-state index contributed by atoms with van der Waals surface area (Å²) in [5.74, 6) is -0.235. The van der Waals surface area contributed by atoms with Gasteiger partial charge in [-0.05, 0) is 29.2 Å². The lowest BCUT2D eigenvalue weighted by molar-refractivity contribution is -0.116. The lowest BCUT2D eigenvalue weighted by Gasteiger charge is -2.02. The van der Waals surface area contributed by atoms with Crippen LogP contribution in [-0.4, -0.2) is 10.9 Å². The molecule has 2 aromatic carbocycles. The third-order valence-electron chi connectivity index (χ3n) is 3.51. The molecule has 0 aliphatic rings. The van der Waals surface area contributed by atoms with Gasteiger partial charge >= 0.3 is 0 Å². The molecule has 0 unspecified atom stereocenters. The smallest absolute Gasteiger partial charge is 0.255 e. The van der Waals surface area contributed by atoms with Crippen molar-refractivity contribution in [1.82, 2.24) is 10.3 Å². The van der Waals surface area contributed by atoms with Crippen LogP contribution in [0.3, 0.4) is 0 Å². The Hall–Kier alpha value is -3.14. The van der Waals surface area contributed by atoms with Gasteiger partial charge in [-0.2, -0.15) is 0 Å². The average molecular weight is 304 g/mol. The normalized spacial score (nSPS) is 11.0. The number of fused-ring (bicyclic) bond motifs is 1. The molecule has 0 aliphatic heterocycles. The lowest BCUT2D eigenvalue weighted by Crippen LogP contribution is -2.20. The summed E-state index contributed by atoms with van der Waals surface area (Å²) in [5.41, 5.74) is 2.05. The van der Waals surface area contributed by atoms with Crippen molar-refractivity contribution in [3.63, 3.8) is 0 Å². The largest absolute Gasteiger partial charge is 0.348 e. The third kappa shape index (κ3) is 3.74. The Morgan fingerprint density at radius 1 is 1.04 bits per heavy atom. The molecule has 0 saturated heterocycles. The Labute approximate surface area is 133 Å². The molecule has 0 spiro atoms. The number of carbonyl (C=O) groups excluding carboxylic acids is 1. The molecule has 0 fully saturated rings. The molecule has 0 atom stereocenters. The van der Waals surface area contributed by atoms with Crippen LogP contribution in [0.15, 0.2) is 71.5 Å². The molecule has 0 radical (unpaired) electrons. The van der Waals surface area contributed by atoms with Crippen LogP contribution in [-0.2, 0) is 11.3 Å². The van der Waals surface area contributed by atoms with E-state index in [1.54, 1.807) is 6.07 Å². The van der Waals surface area contributed by atoms with E-state index in [1.807, 2.05) is 54.6 Å². The van der Waals surface area contributed by atoms with Crippen LogP contribution in [0.2, 0.25) is 0 Å². The highest BCUT2D eigenvalue weighted by atomic mass is 16.1. The summed E-state index contributed by atoms with van der Waals surface area (Å²) in [6.07, 6.45) is 2.91. The minimum Gasteiger partial charge on any atom is -0.348 e. The van der Waals surface area contributed by atoms with E-state index in [0.717, 1.165) is 16.5 Å². The van der Waals surface area contributed by atoms with Gasteiger partial charge in [-0.25, -0.2) is 0 Å². The van der Waals surface area contributed by atoms with Crippen LogP contribution in [0, 0.1) is 0 Å². The van der Waals surface area contributed by atoms with Crippen molar-refractivity contribution in [3.05, 3.63) is 88.2 Å². The van der Waals surface area contributed by atoms with Crippen LogP contribution in [0.5, 0.6) is 0 Å². The Bertz CT molecular complexity index is 911. The van der Waals surface area contributed by atoms with Gasteiger partial charge in [0.05, 0.1) is 0 Å². The van der Waals surface area contributed by atoms with Crippen LogP contribution in [0.1, 0.15) is 11.1 Å². The number of pyridine rings is 1. The molecule has 3 aromatic rings. The number of benzene rings is 2. The van der Waals surface area contributed by atoms with E-state index in [0.29, 0.717) is 12.1 Å². The number of aromatic nitrogens is 1. The Morgan fingerprint density at radius 2 is 1.78 bits per heavy atom. The first-order valence-corrected chi connectivity index (χ1v) is 7.34. The van der Waals surface area contributed by atoms with Gasteiger partial charge in [-0.3, -0.25) is 9.59 Å². The zero-order valence-electron chi connectivity index (χ0n) is 12.5. The molecule has 4 heteroatoms. The molecule has 0 saturated carbocycles. The van der Waals surface area contributed by atoms with Crippen LogP contribution in [0.25, 0.3) is 17.0 Å². The highest BCUT2D eigenvalue weighted by Gasteiger charge is 2.01. The Morgan fingerprint density at radius 3 is 2.61 bits per heavy atom. The number of rotatable bonds is 4. The topological polar surface area (TPSA) is 62.0 Å². The fraction of sp³-hybridized carbons (Fsp3) is 0.0526. The molecule has 1 amide bonds. The maximum Gasteiger partial charge on any atom is 0.255 e. The maximum absolute atomic E-state index is 12.0. The number of hydrogen-bond donors (Lipinski definition) is 2. The molecule has 114 valence electrons. The van der Waals surface area contributed by atoms with E-state index in [4.69, 9.17) is 0 Å². The van der Waals surface area contributed by atoms with E-state index in [2.05, 4.69) is 10.3 Å². The van der Waals surface area contributed by atoms with Gasteiger partial charge in [0.1, 0.15) is 0 Å². The number of para-hydroxylation sites is 1. The highest BCUT2D eigenvalue weighted by molar-refractivity contribution is 5.92. The standard InChI is InChI=1S/C19H16N2O2/c22-18(20-13-14-6-2-1-3-7-14)11-10-16-12-15-8-4-5-9-17(15)21-19(16)23/h1-12H,13H2,(H,20,22)(H,21,23)/b11-10+. The molecule has 3 rings (SSSR count). The van der Waals surface area contributed by atoms with E-state index in [-0.39, 0.29) is 11.5 Å². The summed E-state index contributed by atoms with van der Waals surface area (Å²) in [7, 11) is 0. The fourth-order valence-electron chi connectivity index (χ4n) is 2.30. The van der Waals surface area contributed by atoms with Gasteiger partial charge in [0, 0.05) is 23.7 Å². The molecule has 23 heavy (non-hydrogen) atoms. The molecule has 0 aliphatic carbocycles. The van der Waals surface area contributed by atoms with Crippen molar-refractivity contribution in [2.45, 2.75) is 6.54 Å². The third-order valence-corrected chi connectivity index (χ3v) is 3.51. The van der Waals surface area contributed by atoms with Gasteiger partial charge in [0.15, 0.2) is 0 Å². The average Bonchev–Trinajstić information content (AvgIpc) is 2.59. The summed E-state index contributed by atoms with van der Waals surface area (Å²) in [4.78, 5) is 26.6. The number of hydrogen-bond acceptors (Lipinski definition) is 2. The summed E-state index contributed by atoms with van der Waals surface area (Å²) in [5, 5.41) is 3.72. The molecule has 0 bridgehead atoms. The first kappa shape index (κ1) is 14.8. The van der Waals surface area contributed by atoms with Gasteiger partial charge in [0.2, 0.25) is 5.91 Å². The highest BCUT2D eigenvalue weighted by Crippen LogP contribution is 2.10. The van der Waals surface area contributed by atoms with E-state index in [9.17, 15) is 9.59 Å². The van der Waals surface area contributed by atoms with E-state index >= 15 is 0 Å². The molecular weight excluding hydrogens is 288 g/mol. The van der Waals surface area contributed by atoms with Crippen LogP contribution < -0.4 is 10.9 Å². The molecule has 2 N–H and O–H groups in total. The summed E-state index contributed by atoms with van der Waals surface area (Å²) in [6.45, 7) is 0.456. The van der Waals surface area contributed by atoms with Crippen molar-refractivity contribution >= 4 is 22.9 Å². The second-order valence-electron chi connectivity index (χ2n) is 5.18. The van der Waals surface area contributed by atoms with Gasteiger partial charge < -0.3 is 10.3 Å². The summed E-state index contributed by atoms with van der Waals surface area (Å²) in [6, 6.07) is 19.0. The van der Waals surface area contributed by atoms with Gasteiger partial charge in [-0.15, -0.1) is 0 Å². The zero-order valence-corrected chi connectivity index (χ0v) is 12.5. The first-order chi connectivity index (χ1) is 11.2. The Balaban J connectivity index is 1.71. The monoisotopic (exact) mass is 304 g/mol. The molecule has 4 nitrogen and oxygen atoms in total. The summed E-state index contributed by atoms with van der Waals surface area (Å²) >= 11 is 0. The molecular formula is C19H16N2O2. The van der Waals surface area contributed by atoms with Crippen LogP contribution >= 0.6 is 0 Å². The zero-order chi connectivity index (χ0) is 16.1. The second kappa shape index (κ2) is 6.75. The lowest BCUT2D eigenvalue weighted by atomic mass is 10.1. The second-order valence-corrected chi connectivity index (χ2v) is 5.18. The first-order valence-electron chi connectivity index (χ1n) is 7.34. The predicted molar refractivity (Wildman–Crippen MR) is 91.9 cm³/mol. The maximum atomic E-state index is 12.0. The van der Waals surface area contributed by atoms with Gasteiger partial charge in [-0.1, -0.05) is 48.5 Å². The number of nitrogens with one attached hydrogen (secondary N) is 2. The Kier molecular flexibility index (Phi) is 4.34. The minimum atomic E-state index is -0.235. The van der Waals surface area contributed by atoms with Crippen molar-refractivity contribution in [2.24, 2.45) is 0 Å². The van der Waals surface area contributed by atoms with Crippen molar-refractivity contribution in [3.8, 4) is 0 Å². The number of amides is 1. The fourth-order valence-corrected chi connectivity index (χ4v) is 2.30. The SMILES string of the molecule is O=C(/C=C/c1cc2ccccc2[nH]c1=O)NCc1ccccc1. The number of carbonyl (C=O) groups is 1. The van der Waals surface area contributed by atoms with E-state index < -0.39 is 0 Å². The van der Waals surface area contributed by atoms with Crippen molar-refractivity contribution < 1.29 is 4.79 Å². The van der Waals surface area contributed by atoms with Crippen molar-refractivity contribution in [1.29, 1.82) is 0 Å². The quantitative estimate of drug-likeness (QED) is 0.728. The predicted octanol–water partition coefficient (Wildman–Crippen LogP) is 2.86. The molecule has 1 aromatic heterocycles. The minimum absolute atomic E-state index is 0.212. The number of aromatic amines is 1. The molecule has 1 heterocycles.